The lowest BCUT2D eigenvalue weighted by molar-refractivity contribution is -0.113. The number of benzene rings is 3. The Morgan fingerprint density at radius 2 is 1.59 bits per heavy atom. The first-order valence-electron chi connectivity index (χ1n) is 9.90. The largest absolute Gasteiger partial charge is 0.493 e. The van der Waals surface area contributed by atoms with E-state index in [1.165, 1.54) is 11.8 Å². The Morgan fingerprint density at radius 3 is 2.28 bits per heavy atom. The molecule has 4 rings (SSSR count). The highest BCUT2D eigenvalue weighted by Crippen LogP contribution is 2.34. The summed E-state index contributed by atoms with van der Waals surface area (Å²) in [5.41, 5.74) is 2.47. The third-order valence-electron chi connectivity index (χ3n) is 4.68. The molecule has 3 aromatic carbocycles. The number of hydrogen-bond acceptors (Lipinski definition) is 6. The Labute approximate surface area is 190 Å². The summed E-state index contributed by atoms with van der Waals surface area (Å²) < 4.78 is 12.7. The van der Waals surface area contributed by atoms with Crippen LogP contribution in [0.4, 0.5) is 5.69 Å². The molecular formula is C24H22N4O3S. The van der Waals surface area contributed by atoms with Crippen molar-refractivity contribution in [2.75, 3.05) is 25.3 Å². The SMILES string of the molecule is COc1ccc(-c2nnc(SCC(=O)Nc3ccccc3)n2-c2ccccc2)cc1OC. The topological polar surface area (TPSA) is 78.3 Å². The van der Waals surface area contributed by atoms with Gasteiger partial charge in [0.15, 0.2) is 22.5 Å². The number of nitrogens with zero attached hydrogens (tertiary/aromatic N) is 3. The molecule has 0 radical (unpaired) electrons. The van der Waals surface area contributed by atoms with Crippen molar-refractivity contribution in [1.82, 2.24) is 14.8 Å². The van der Waals surface area contributed by atoms with Gasteiger partial charge in [0.1, 0.15) is 0 Å². The Hall–Kier alpha value is -3.78. The Morgan fingerprint density at radius 1 is 0.906 bits per heavy atom. The van der Waals surface area contributed by atoms with Crippen LogP contribution in [-0.2, 0) is 4.79 Å². The van der Waals surface area contributed by atoms with E-state index in [9.17, 15) is 4.79 Å². The third-order valence-corrected chi connectivity index (χ3v) is 5.61. The van der Waals surface area contributed by atoms with Crippen LogP contribution in [0.5, 0.6) is 11.5 Å². The number of thioether (sulfide) groups is 1. The molecule has 8 heteroatoms. The maximum absolute atomic E-state index is 12.4. The van der Waals surface area contributed by atoms with E-state index >= 15 is 0 Å². The maximum Gasteiger partial charge on any atom is 0.234 e. The quantitative estimate of drug-likeness (QED) is 0.396. The number of carbonyl (C=O) groups excluding carboxylic acids is 1. The number of hydrogen-bond donors (Lipinski definition) is 1. The molecule has 0 spiro atoms. The summed E-state index contributed by atoms with van der Waals surface area (Å²) in [6, 6.07) is 24.8. The monoisotopic (exact) mass is 446 g/mol. The number of carbonyl (C=O) groups is 1. The highest BCUT2D eigenvalue weighted by Gasteiger charge is 2.18. The molecule has 0 bridgehead atoms. The van der Waals surface area contributed by atoms with Crippen molar-refractivity contribution in [2.24, 2.45) is 0 Å². The minimum absolute atomic E-state index is 0.114. The summed E-state index contributed by atoms with van der Waals surface area (Å²) in [6.45, 7) is 0. The van der Waals surface area contributed by atoms with E-state index in [4.69, 9.17) is 9.47 Å². The number of aromatic nitrogens is 3. The Bertz CT molecular complexity index is 1200. The molecule has 0 unspecified atom stereocenters. The van der Waals surface area contributed by atoms with E-state index in [1.54, 1.807) is 14.2 Å². The van der Waals surface area contributed by atoms with Crippen molar-refractivity contribution >= 4 is 23.4 Å². The summed E-state index contributed by atoms with van der Waals surface area (Å²) >= 11 is 1.32. The van der Waals surface area contributed by atoms with Crippen LogP contribution in [0.3, 0.4) is 0 Å². The van der Waals surface area contributed by atoms with Crippen molar-refractivity contribution in [3.8, 4) is 28.6 Å². The second-order valence-corrected chi connectivity index (χ2v) is 7.69. The molecule has 32 heavy (non-hydrogen) atoms. The zero-order chi connectivity index (χ0) is 22.3. The van der Waals surface area contributed by atoms with Gasteiger partial charge in [-0.15, -0.1) is 10.2 Å². The van der Waals surface area contributed by atoms with Gasteiger partial charge >= 0.3 is 0 Å². The van der Waals surface area contributed by atoms with Crippen LogP contribution in [0, 0.1) is 0 Å². The van der Waals surface area contributed by atoms with Crippen molar-refractivity contribution in [1.29, 1.82) is 0 Å². The van der Waals surface area contributed by atoms with E-state index in [0.29, 0.717) is 22.5 Å². The van der Waals surface area contributed by atoms with Gasteiger partial charge in [0.05, 0.1) is 20.0 Å². The van der Waals surface area contributed by atoms with Gasteiger partial charge in [-0.25, -0.2) is 0 Å². The van der Waals surface area contributed by atoms with Gasteiger partial charge in [-0.1, -0.05) is 48.2 Å². The molecule has 1 amide bonds. The number of amides is 1. The fourth-order valence-electron chi connectivity index (χ4n) is 3.18. The minimum atomic E-state index is -0.114. The number of methoxy groups -OCH3 is 2. The summed E-state index contributed by atoms with van der Waals surface area (Å²) in [6.07, 6.45) is 0. The Kier molecular flexibility index (Phi) is 6.72. The smallest absolute Gasteiger partial charge is 0.234 e. The zero-order valence-electron chi connectivity index (χ0n) is 17.7. The number of para-hydroxylation sites is 2. The first-order chi connectivity index (χ1) is 15.7. The van der Waals surface area contributed by atoms with Crippen LogP contribution in [-0.4, -0.2) is 40.6 Å². The summed E-state index contributed by atoms with van der Waals surface area (Å²) in [7, 11) is 3.19. The fraction of sp³-hybridized carbons (Fsp3) is 0.125. The summed E-state index contributed by atoms with van der Waals surface area (Å²) in [4.78, 5) is 12.4. The molecular weight excluding hydrogens is 424 g/mol. The molecule has 0 fully saturated rings. The number of ether oxygens (including phenoxy) is 2. The average molecular weight is 447 g/mol. The van der Waals surface area contributed by atoms with Gasteiger partial charge in [-0.2, -0.15) is 0 Å². The third kappa shape index (κ3) is 4.76. The maximum atomic E-state index is 12.4. The van der Waals surface area contributed by atoms with Gasteiger partial charge in [-0.05, 0) is 42.5 Å². The van der Waals surface area contributed by atoms with Crippen molar-refractivity contribution in [2.45, 2.75) is 5.16 Å². The van der Waals surface area contributed by atoms with Crippen LogP contribution >= 0.6 is 11.8 Å². The first-order valence-corrected chi connectivity index (χ1v) is 10.9. The predicted octanol–water partition coefficient (Wildman–Crippen LogP) is 4.68. The second-order valence-electron chi connectivity index (χ2n) is 6.75. The highest BCUT2D eigenvalue weighted by molar-refractivity contribution is 7.99. The normalized spacial score (nSPS) is 10.6. The Balaban J connectivity index is 1.64. The van der Waals surface area contributed by atoms with Crippen LogP contribution in [0.1, 0.15) is 0 Å². The van der Waals surface area contributed by atoms with E-state index in [-0.39, 0.29) is 11.7 Å². The standard InChI is InChI=1S/C24H22N4O3S/c1-30-20-14-13-17(15-21(20)31-2)23-26-27-24(28(23)19-11-7-4-8-12-19)32-16-22(29)25-18-9-5-3-6-10-18/h3-15H,16H2,1-2H3,(H,25,29). The molecule has 0 atom stereocenters. The van der Waals surface area contributed by atoms with Crippen LogP contribution in [0.2, 0.25) is 0 Å². The lowest BCUT2D eigenvalue weighted by Gasteiger charge is -2.12. The lowest BCUT2D eigenvalue weighted by Crippen LogP contribution is -2.14. The molecule has 4 aromatic rings. The number of nitrogens with one attached hydrogen (secondary N) is 1. The molecule has 1 aromatic heterocycles. The zero-order valence-corrected chi connectivity index (χ0v) is 18.5. The van der Waals surface area contributed by atoms with Crippen molar-refractivity contribution in [3.63, 3.8) is 0 Å². The van der Waals surface area contributed by atoms with Gasteiger partial charge < -0.3 is 14.8 Å². The number of anilines is 1. The lowest BCUT2D eigenvalue weighted by atomic mass is 10.2. The molecule has 162 valence electrons. The molecule has 0 saturated carbocycles. The molecule has 7 nitrogen and oxygen atoms in total. The molecule has 0 aliphatic heterocycles. The average Bonchev–Trinajstić information content (AvgIpc) is 3.27. The van der Waals surface area contributed by atoms with Gasteiger partial charge in [0.2, 0.25) is 5.91 Å². The molecule has 1 N–H and O–H groups in total. The van der Waals surface area contributed by atoms with E-state index < -0.39 is 0 Å². The van der Waals surface area contributed by atoms with Crippen molar-refractivity contribution in [3.05, 3.63) is 78.9 Å². The number of rotatable bonds is 8. The molecule has 1 heterocycles. The van der Waals surface area contributed by atoms with E-state index in [2.05, 4.69) is 15.5 Å². The molecule has 0 aliphatic carbocycles. The second kappa shape index (κ2) is 10.0. The predicted molar refractivity (Wildman–Crippen MR) is 126 cm³/mol. The van der Waals surface area contributed by atoms with Gasteiger partial charge in [-0.3, -0.25) is 9.36 Å². The van der Waals surface area contributed by atoms with E-state index in [1.807, 2.05) is 83.4 Å². The molecule has 0 aliphatic rings. The minimum Gasteiger partial charge on any atom is -0.493 e. The first kappa shape index (κ1) is 21.5. The van der Waals surface area contributed by atoms with Gasteiger partial charge in [0.25, 0.3) is 0 Å². The van der Waals surface area contributed by atoms with Crippen LogP contribution in [0.15, 0.2) is 84.0 Å². The van der Waals surface area contributed by atoms with Gasteiger partial charge in [0, 0.05) is 16.9 Å². The van der Waals surface area contributed by atoms with Crippen LogP contribution < -0.4 is 14.8 Å². The van der Waals surface area contributed by atoms with Crippen LogP contribution in [0.25, 0.3) is 17.1 Å². The highest BCUT2D eigenvalue weighted by atomic mass is 32.2. The molecule has 0 saturated heterocycles. The summed E-state index contributed by atoms with van der Waals surface area (Å²) in [5, 5.41) is 12.3. The van der Waals surface area contributed by atoms with Crippen molar-refractivity contribution < 1.29 is 14.3 Å². The fourth-order valence-corrected chi connectivity index (χ4v) is 3.94. The summed E-state index contributed by atoms with van der Waals surface area (Å²) in [5.74, 6) is 1.96. The van der Waals surface area contributed by atoms with E-state index in [0.717, 1.165) is 16.9 Å².